The van der Waals surface area contributed by atoms with Crippen LogP contribution in [0.1, 0.15) is 39.5 Å². The van der Waals surface area contributed by atoms with Crippen molar-refractivity contribution in [2.45, 2.75) is 63.7 Å². The first-order chi connectivity index (χ1) is 14.5. The molecule has 1 saturated heterocycles. The van der Waals surface area contributed by atoms with Gasteiger partial charge in [0.2, 0.25) is 23.6 Å². The van der Waals surface area contributed by atoms with Gasteiger partial charge in [0, 0.05) is 6.54 Å². The van der Waals surface area contributed by atoms with Gasteiger partial charge in [-0.25, -0.2) is 4.79 Å². The summed E-state index contributed by atoms with van der Waals surface area (Å²) in [4.78, 5) is 62.0. The van der Waals surface area contributed by atoms with Crippen molar-refractivity contribution in [3.05, 3.63) is 0 Å². The fourth-order valence-electron chi connectivity index (χ4n) is 3.35. The monoisotopic (exact) mass is 459 g/mol. The fourth-order valence-corrected chi connectivity index (χ4v) is 3.82. The van der Waals surface area contributed by atoms with Gasteiger partial charge in [-0.1, -0.05) is 13.8 Å². The Morgan fingerprint density at radius 1 is 1.19 bits per heavy atom. The summed E-state index contributed by atoms with van der Waals surface area (Å²) in [7, 11) is 0. The highest BCUT2D eigenvalue weighted by Crippen LogP contribution is 2.20. The van der Waals surface area contributed by atoms with Gasteiger partial charge in [-0.3, -0.25) is 19.2 Å². The van der Waals surface area contributed by atoms with Gasteiger partial charge in [-0.05, 0) is 37.2 Å². The van der Waals surface area contributed by atoms with Crippen LogP contribution in [0.15, 0.2) is 0 Å². The number of primary amides is 1. The highest BCUT2D eigenvalue weighted by atomic mass is 32.2. The van der Waals surface area contributed by atoms with Crippen molar-refractivity contribution < 1.29 is 29.1 Å². The largest absolute Gasteiger partial charge is 0.480 e. The zero-order valence-electron chi connectivity index (χ0n) is 18.1. The second kappa shape index (κ2) is 12.5. The number of nitrogens with zero attached hydrogens (tertiary/aromatic N) is 1. The quantitative estimate of drug-likeness (QED) is 0.237. The molecule has 7 N–H and O–H groups in total. The second-order valence-corrected chi connectivity index (χ2v) is 8.86. The van der Waals surface area contributed by atoms with E-state index < -0.39 is 53.8 Å². The Kier molecular flexibility index (Phi) is 10.8. The average molecular weight is 460 g/mol. The Balaban J connectivity index is 2.93. The molecule has 1 rings (SSSR count). The number of thioether (sulfide) groups is 1. The summed E-state index contributed by atoms with van der Waals surface area (Å²) in [6, 6.07) is -3.99. The molecule has 176 valence electrons. The maximum atomic E-state index is 13.2. The van der Waals surface area contributed by atoms with E-state index in [2.05, 4.69) is 10.6 Å². The molecule has 4 unspecified atom stereocenters. The number of carbonyl (C=O) groups is 5. The van der Waals surface area contributed by atoms with E-state index in [1.54, 1.807) is 13.8 Å². The third-order valence-electron chi connectivity index (χ3n) is 5.05. The number of hydrogen-bond acceptors (Lipinski definition) is 7. The Morgan fingerprint density at radius 3 is 2.35 bits per heavy atom. The molecule has 31 heavy (non-hydrogen) atoms. The smallest absolute Gasteiger partial charge is 0.326 e. The lowest BCUT2D eigenvalue weighted by atomic mass is 10.0. The van der Waals surface area contributed by atoms with Gasteiger partial charge in [-0.2, -0.15) is 11.8 Å². The van der Waals surface area contributed by atoms with Gasteiger partial charge in [-0.15, -0.1) is 0 Å². The Morgan fingerprint density at radius 2 is 1.84 bits per heavy atom. The first kappa shape index (κ1) is 26.7. The predicted molar refractivity (Wildman–Crippen MR) is 116 cm³/mol. The number of carbonyl (C=O) groups excluding carboxylic acids is 4. The number of hydrogen-bond donors (Lipinski definition) is 5. The van der Waals surface area contributed by atoms with E-state index in [0.717, 1.165) is 0 Å². The third-order valence-corrected chi connectivity index (χ3v) is 5.70. The van der Waals surface area contributed by atoms with Crippen molar-refractivity contribution in [1.82, 2.24) is 15.5 Å². The molecule has 0 aromatic rings. The minimum absolute atomic E-state index is 0.309. The summed E-state index contributed by atoms with van der Waals surface area (Å²) in [5.74, 6) is -3.29. The summed E-state index contributed by atoms with van der Waals surface area (Å²) in [6.45, 7) is 3.68. The molecule has 4 amide bonds. The molecule has 4 atom stereocenters. The number of rotatable bonds is 12. The molecular weight excluding hydrogens is 426 g/mol. The van der Waals surface area contributed by atoms with Crippen LogP contribution in [0.4, 0.5) is 0 Å². The van der Waals surface area contributed by atoms with Crippen molar-refractivity contribution >= 4 is 41.4 Å². The molecule has 0 aromatic carbocycles. The van der Waals surface area contributed by atoms with E-state index in [1.807, 2.05) is 6.26 Å². The van der Waals surface area contributed by atoms with E-state index in [-0.39, 0.29) is 12.3 Å². The molecule has 0 spiro atoms. The minimum Gasteiger partial charge on any atom is -0.480 e. The second-order valence-electron chi connectivity index (χ2n) is 7.88. The van der Waals surface area contributed by atoms with Crippen molar-refractivity contribution in [1.29, 1.82) is 0 Å². The van der Waals surface area contributed by atoms with E-state index in [1.165, 1.54) is 16.7 Å². The molecular formula is C19H33N5O6S. The van der Waals surface area contributed by atoms with Crippen LogP contribution in [0, 0.1) is 5.92 Å². The molecule has 0 saturated carbocycles. The van der Waals surface area contributed by atoms with Gasteiger partial charge in [0.05, 0.1) is 12.5 Å². The van der Waals surface area contributed by atoms with E-state index in [9.17, 15) is 29.1 Å². The van der Waals surface area contributed by atoms with Crippen LogP contribution < -0.4 is 22.1 Å². The highest BCUT2D eigenvalue weighted by molar-refractivity contribution is 7.98. The van der Waals surface area contributed by atoms with Crippen molar-refractivity contribution in [2.24, 2.45) is 17.4 Å². The Bertz CT molecular complexity index is 689. The summed E-state index contributed by atoms with van der Waals surface area (Å²) in [5.41, 5.74) is 10.7. The lowest BCUT2D eigenvalue weighted by Gasteiger charge is -2.30. The van der Waals surface area contributed by atoms with Crippen LogP contribution in [0.25, 0.3) is 0 Å². The molecule has 1 aliphatic rings. The lowest BCUT2D eigenvalue weighted by Crippen LogP contribution is -2.57. The first-order valence-corrected chi connectivity index (χ1v) is 11.6. The molecule has 0 aliphatic carbocycles. The maximum Gasteiger partial charge on any atom is 0.326 e. The average Bonchev–Trinajstić information content (AvgIpc) is 3.17. The predicted octanol–water partition coefficient (Wildman–Crippen LogP) is -1.36. The molecule has 1 aliphatic heterocycles. The number of amides is 4. The number of carboxylic acid groups (broad SMARTS) is 1. The van der Waals surface area contributed by atoms with E-state index >= 15 is 0 Å². The minimum atomic E-state index is -1.18. The molecule has 0 radical (unpaired) electrons. The number of likely N-dealkylation sites (tertiary alicyclic amines) is 1. The first-order valence-electron chi connectivity index (χ1n) is 10.2. The zero-order chi connectivity index (χ0) is 23.7. The van der Waals surface area contributed by atoms with Gasteiger partial charge in [0.1, 0.15) is 18.1 Å². The summed E-state index contributed by atoms with van der Waals surface area (Å²) in [5, 5.41) is 14.4. The van der Waals surface area contributed by atoms with Gasteiger partial charge < -0.3 is 32.1 Å². The summed E-state index contributed by atoms with van der Waals surface area (Å²) >= 11 is 1.49. The number of nitrogens with two attached hydrogens (primary N) is 2. The SMILES string of the molecule is CSCCC(NC(=O)C(N)CC(N)=O)C(=O)N1CCCC1C(=O)NC(C(=O)O)C(C)C. The van der Waals surface area contributed by atoms with Gasteiger partial charge in [0.25, 0.3) is 0 Å². The van der Waals surface area contributed by atoms with Crippen LogP contribution in [0.3, 0.4) is 0 Å². The fraction of sp³-hybridized carbons (Fsp3) is 0.737. The molecule has 11 nitrogen and oxygen atoms in total. The topological polar surface area (TPSA) is 185 Å². The van der Waals surface area contributed by atoms with Crippen LogP contribution >= 0.6 is 11.8 Å². The summed E-state index contributed by atoms with van der Waals surface area (Å²) < 4.78 is 0. The highest BCUT2D eigenvalue weighted by Gasteiger charge is 2.39. The Labute approximate surface area is 186 Å². The van der Waals surface area contributed by atoms with E-state index in [4.69, 9.17) is 11.5 Å². The number of nitrogens with one attached hydrogen (secondary N) is 2. The standard InChI is InChI=1S/C19H33N5O6S/c1-10(2)15(19(29)30)23-17(27)13-5-4-7-24(13)18(28)12(6-8-31-3)22-16(26)11(20)9-14(21)25/h10-13,15H,4-9,20H2,1-3H3,(H2,21,25)(H,22,26)(H,23,27)(H,29,30). The van der Waals surface area contributed by atoms with Crippen LogP contribution in [0.2, 0.25) is 0 Å². The van der Waals surface area contributed by atoms with Gasteiger partial charge >= 0.3 is 5.97 Å². The zero-order valence-corrected chi connectivity index (χ0v) is 18.9. The van der Waals surface area contributed by atoms with Crippen LogP contribution in [0.5, 0.6) is 0 Å². The van der Waals surface area contributed by atoms with Crippen LogP contribution in [-0.2, 0) is 24.0 Å². The number of aliphatic carboxylic acids is 1. The van der Waals surface area contributed by atoms with Crippen LogP contribution in [-0.4, -0.2) is 82.3 Å². The van der Waals surface area contributed by atoms with Crippen molar-refractivity contribution in [3.63, 3.8) is 0 Å². The Hall–Kier alpha value is -2.34. The molecule has 0 bridgehead atoms. The molecule has 0 aromatic heterocycles. The molecule has 1 heterocycles. The number of carboxylic acids is 1. The van der Waals surface area contributed by atoms with Crippen molar-refractivity contribution in [3.8, 4) is 0 Å². The van der Waals surface area contributed by atoms with E-state index in [0.29, 0.717) is 31.6 Å². The lowest BCUT2D eigenvalue weighted by molar-refractivity contribution is -0.145. The normalized spacial score (nSPS) is 18.9. The maximum absolute atomic E-state index is 13.2. The molecule has 1 fully saturated rings. The third kappa shape index (κ3) is 8.02. The molecule has 12 heteroatoms. The van der Waals surface area contributed by atoms with Crippen molar-refractivity contribution in [2.75, 3.05) is 18.6 Å². The van der Waals surface area contributed by atoms with Gasteiger partial charge in [0.15, 0.2) is 0 Å². The summed E-state index contributed by atoms with van der Waals surface area (Å²) in [6.07, 6.45) is 2.78.